The van der Waals surface area contributed by atoms with E-state index in [9.17, 15) is 4.79 Å². The molecule has 1 aliphatic heterocycles. The topological polar surface area (TPSA) is 35.5 Å². The molecule has 0 N–H and O–H groups in total. The van der Waals surface area contributed by atoms with Crippen molar-refractivity contribution in [1.29, 1.82) is 0 Å². The largest absolute Gasteiger partial charge is 0.479 e. The van der Waals surface area contributed by atoms with Crippen LogP contribution in [0.1, 0.15) is 11.1 Å². The Balaban J connectivity index is 1.73. The molecule has 3 heteroatoms. The molecule has 1 saturated heterocycles. The molecule has 0 aromatic heterocycles. The Morgan fingerprint density at radius 2 is 1.67 bits per heavy atom. The Morgan fingerprint density at radius 3 is 2.38 bits per heavy atom. The molecule has 0 bridgehead atoms. The zero-order chi connectivity index (χ0) is 14.5. The third-order valence-electron chi connectivity index (χ3n) is 3.30. The van der Waals surface area contributed by atoms with Crippen molar-refractivity contribution in [3.05, 3.63) is 77.5 Å². The summed E-state index contributed by atoms with van der Waals surface area (Å²) in [7, 11) is 0. The van der Waals surface area contributed by atoms with Crippen LogP contribution in [0.25, 0.3) is 6.08 Å². The molecular formula is C18H16O3. The van der Waals surface area contributed by atoms with E-state index in [1.165, 1.54) is 5.56 Å². The van der Waals surface area contributed by atoms with Gasteiger partial charge in [0.1, 0.15) is 12.7 Å². The van der Waals surface area contributed by atoms with Gasteiger partial charge in [0.15, 0.2) is 0 Å². The molecule has 21 heavy (non-hydrogen) atoms. The van der Waals surface area contributed by atoms with Crippen LogP contribution in [0.3, 0.4) is 0 Å². The highest BCUT2D eigenvalue weighted by Gasteiger charge is 2.26. The van der Waals surface area contributed by atoms with Gasteiger partial charge in [-0.25, -0.2) is 4.79 Å². The number of ether oxygens (including phenoxy) is 2. The second-order valence-electron chi connectivity index (χ2n) is 4.95. The fraction of sp³-hybridized carbons (Fsp3) is 0.167. The van der Waals surface area contributed by atoms with Gasteiger partial charge in [-0.2, -0.15) is 0 Å². The van der Waals surface area contributed by atoms with Gasteiger partial charge in [-0.05, 0) is 17.2 Å². The summed E-state index contributed by atoms with van der Waals surface area (Å²) in [6, 6.07) is 19.7. The van der Waals surface area contributed by atoms with Gasteiger partial charge in [-0.15, -0.1) is 0 Å². The zero-order valence-corrected chi connectivity index (χ0v) is 11.6. The Bertz CT molecular complexity index is 632. The molecule has 0 amide bonds. The van der Waals surface area contributed by atoms with E-state index in [0.717, 1.165) is 12.0 Å². The van der Waals surface area contributed by atoms with Crippen molar-refractivity contribution < 1.29 is 14.3 Å². The molecule has 1 atom stereocenters. The first-order valence-electron chi connectivity index (χ1n) is 6.96. The van der Waals surface area contributed by atoms with Crippen molar-refractivity contribution in [3.8, 4) is 0 Å². The molecule has 106 valence electrons. The Labute approximate surface area is 123 Å². The Morgan fingerprint density at radius 1 is 1.00 bits per heavy atom. The van der Waals surface area contributed by atoms with Crippen molar-refractivity contribution >= 4 is 12.0 Å². The van der Waals surface area contributed by atoms with E-state index < -0.39 is 5.97 Å². The molecule has 2 aromatic carbocycles. The summed E-state index contributed by atoms with van der Waals surface area (Å²) in [5.74, 6) is -0.128. The summed E-state index contributed by atoms with van der Waals surface area (Å²) in [5, 5.41) is 0. The van der Waals surface area contributed by atoms with Crippen LogP contribution < -0.4 is 0 Å². The van der Waals surface area contributed by atoms with E-state index in [-0.39, 0.29) is 11.9 Å². The number of esters is 1. The zero-order valence-electron chi connectivity index (χ0n) is 11.6. The molecular weight excluding hydrogens is 264 g/mol. The normalized spacial score (nSPS) is 19.9. The van der Waals surface area contributed by atoms with Gasteiger partial charge in [0.2, 0.25) is 5.76 Å². The maximum absolute atomic E-state index is 11.8. The molecule has 0 saturated carbocycles. The van der Waals surface area contributed by atoms with E-state index in [2.05, 4.69) is 0 Å². The van der Waals surface area contributed by atoms with Crippen molar-refractivity contribution in [1.82, 2.24) is 0 Å². The van der Waals surface area contributed by atoms with Crippen LogP contribution in [0.2, 0.25) is 0 Å². The second-order valence-corrected chi connectivity index (χ2v) is 4.95. The molecule has 0 spiro atoms. The van der Waals surface area contributed by atoms with Crippen LogP contribution in [-0.2, 0) is 20.7 Å². The summed E-state index contributed by atoms with van der Waals surface area (Å²) >= 11 is 0. The van der Waals surface area contributed by atoms with Crippen LogP contribution in [0, 0.1) is 0 Å². The van der Waals surface area contributed by atoms with Crippen molar-refractivity contribution in [2.45, 2.75) is 12.5 Å². The molecule has 2 aromatic rings. The van der Waals surface area contributed by atoms with Crippen LogP contribution in [-0.4, -0.2) is 18.7 Å². The molecule has 1 aliphatic rings. The van der Waals surface area contributed by atoms with E-state index in [1.807, 2.05) is 60.7 Å². The average Bonchev–Trinajstić information content (AvgIpc) is 2.53. The van der Waals surface area contributed by atoms with E-state index in [1.54, 1.807) is 6.08 Å². The summed E-state index contributed by atoms with van der Waals surface area (Å²) in [6.45, 7) is 0.292. The molecule has 1 fully saturated rings. The third-order valence-corrected chi connectivity index (χ3v) is 3.30. The predicted molar refractivity (Wildman–Crippen MR) is 80.4 cm³/mol. The van der Waals surface area contributed by atoms with E-state index in [4.69, 9.17) is 9.47 Å². The summed E-state index contributed by atoms with van der Waals surface area (Å²) in [4.78, 5) is 11.8. The number of cyclic esters (lactones) is 1. The lowest BCUT2D eigenvalue weighted by atomic mass is 10.1. The lowest BCUT2D eigenvalue weighted by Gasteiger charge is -2.25. The van der Waals surface area contributed by atoms with E-state index in [0.29, 0.717) is 6.61 Å². The van der Waals surface area contributed by atoms with Gasteiger partial charge in [0.25, 0.3) is 0 Å². The van der Waals surface area contributed by atoms with E-state index >= 15 is 0 Å². The lowest BCUT2D eigenvalue weighted by Crippen LogP contribution is -2.32. The Kier molecular flexibility index (Phi) is 4.01. The number of hydrogen-bond acceptors (Lipinski definition) is 3. The number of hydrogen-bond donors (Lipinski definition) is 0. The fourth-order valence-corrected chi connectivity index (χ4v) is 2.27. The minimum absolute atomic E-state index is 0.139. The standard InChI is InChI=1S/C18H16O3/c19-18-17(12-15-9-5-2-6-10-15)21-16(13-20-18)11-14-7-3-1-4-8-14/h1-10,12,16H,11,13H2/b17-12-. The predicted octanol–water partition coefficient (Wildman–Crippen LogP) is 3.21. The third kappa shape index (κ3) is 3.51. The molecule has 3 rings (SSSR count). The first-order valence-corrected chi connectivity index (χ1v) is 6.96. The maximum Gasteiger partial charge on any atom is 0.373 e. The number of benzene rings is 2. The van der Waals surface area contributed by atoms with Gasteiger partial charge in [-0.3, -0.25) is 0 Å². The molecule has 3 nitrogen and oxygen atoms in total. The van der Waals surface area contributed by atoms with Crippen molar-refractivity contribution in [3.63, 3.8) is 0 Å². The molecule has 0 radical (unpaired) electrons. The van der Waals surface area contributed by atoms with Crippen LogP contribution in [0.15, 0.2) is 66.4 Å². The summed E-state index contributed by atoms with van der Waals surface area (Å²) < 4.78 is 11.0. The van der Waals surface area contributed by atoms with Gasteiger partial charge in [0, 0.05) is 6.42 Å². The quantitative estimate of drug-likeness (QED) is 0.639. The molecule has 1 heterocycles. The minimum atomic E-state index is -0.400. The summed E-state index contributed by atoms with van der Waals surface area (Å²) in [6.07, 6.45) is 2.31. The second kappa shape index (κ2) is 6.27. The first-order chi connectivity index (χ1) is 10.3. The minimum Gasteiger partial charge on any atom is -0.479 e. The summed E-state index contributed by atoms with van der Waals surface area (Å²) in [5.41, 5.74) is 2.09. The highest BCUT2D eigenvalue weighted by Crippen LogP contribution is 2.19. The number of carbonyl (C=O) groups excluding carboxylic acids is 1. The average molecular weight is 280 g/mol. The van der Waals surface area contributed by atoms with Crippen LogP contribution in [0.4, 0.5) is 0 Å². The SMILES string of the molecule is O=C1OCC(Cc2ccccc2)O/C1=C\c1ccccc1. The van der Waals surface area contributed by atoms with Crippen molar-refractivity contribution in [2.24, 2.45) is 0 Å². The number of carbonyl (C=O) groups is 1. The number of rotatable bonds is 3. The highest BCUT2D eigenvalue weighted by atomic mass is 16.6. The van der Waals surface area contributed by atoms with Gasteiger partial charge < -0.3 is 9.47 Å². The maximum atomic E-state index is 11.8. The highest BCUT2D eigenvalue weighted by molar-refractivity contribution is 5.92. The van der Waals surface area contributed by atoms with Gasteiger partial charge in [0.05, 0.1) is 0 Å². The fourth-order valence-electron chi connectivity index (χ4n) is 2.27. The van der Waals surface area contributed by atoms with Crippen molar-refractivity contribution in [2.75, 3.05) is 6.61 Å². The van der Waals surface area contributed by atoms with Crippen LogP contribution in [0.5, 0.6) is 0 Å². The van der Waals surface area contributed by atoms with Gasteiger partial charge in [-0.1, -0.05) is 60.7 Å². The Hall–Kier alpha value is -2.55. The molecule has 0 aliphatic carbocycles. The smallest absolute Gasteiger partial charge is 0.373 e. The van der Waals surface area contributed by atoms with Crippen LogP contribution >= 0.6 is 0 Å². The molecule has 1 unspecified atom stereocenters. The lowest BCUT2D eigenvalue weighted by molar-refractivity contribution is -0.156. The monoisotopic (exact) mass is 280 g/mol. The first kappa shape index (κ1) is 13.4. The van der Waals surface area contributed by atoms with Gasteiger partial charge >= 0.3 is 5.97 Å².